The number of fused-ring (bicyclic) bond motifs is 2. The molecule has 2 aromatic rings. The number of carbonyl (C=O) groups is 2. The number of benzene rings is 2. The number of phenolic OH excluding ortho intramolecular Hbond substituents is 1. The molecule has 0 fully saturated rings. The summed E-state index contributed by atoms with van der Waals surface area (Å²) in [7, 11) is 0. The van der Waals surface area contributed by atoms with Crippen LogP contribution in [0.5, 0.6) is 17.2 Å². The summed E-state index contributed by atoms with van der Waals surface area (Å²) in [5, 5.41) is 14.3. The first kappa shape index (κ1) is 22.8. The number of hydrogen-bond acceptors (Lipinski definition) is 6. The fourth-order valence-corrected chi connectivity index (χ4v) is 3.99. The number of para-hydroxylation sites is 2. The summed E-state index contributed by atoms with van der Waals surface area (Å²) in [6, 6.07) is 11.7. The highest BCUT2D eigenvalue weighted by Crippen LogP contribution is 2.47. The number of nitrogens with zero attached hydrogens (tertiary/aromatic N) is 1. The van der Waals surface area contributed by atoms with Gasteiger partial charge in [0.25, 0.3) is 5.91 Å². The Hall–Kier alpha value is -2.84. The molecule has 2 amide bonds. The van der Waals surface area contributed by atoms with E-state index in [4.69, 9.17) is 4.74 Å². The van der Waals surface area contributed by atoms with Crippen LogP contribution >= 0.6 is 24.4 Å². The Morgan fingerprint density at radius 2 is 1.97 bits per heavy atom. The lowest BCUT2D eigenvalue weighted by Crippen LogP contribution is -2.39. The van der Waals surface area contributed by atoms with Crippen molar-refractivity contribution in [2.75, 3.05) is 23.0 Å². The maximum atomic E-state index is 13.0. The van der Waals surface area contributed by atoms with Gasteiger partial charge in [-0.05, 0) is 36.6 Å². The third-order valence-electron chi connectivity index (χ3n) is 4.47. The molecule has 0 spiro atoms. The van der Waals surface area contributed by atoms with Crippen LogP contribution in [0.3, 0.4) is 0 Å². The molecule has 6 nitrogen and oxygen atoms in total. The molecule has 0 saturated heterocycles. The Bertz CT molecular complexity index is 1020. The van der Waals surface area contributed by atoms with Gasteiger partial charge in [0.15, 0.2) is 11.5 Å². The molecule has 1 aliphatic rings. The number of rotatable bonds is 8. The summed E-state index contributed by atoms with van der Waals surface area (Å²) < 4.78 is 5.84. The Morgan fingerprint density at radius 3 is 2.77 bits per heavy atom. The molecule has 1 aliphatic heterocycles. The Kier molecular flexibility index (Phi) is 8.08. The zero-order chi connectivity index (χ0) is 22.2. The van der Waals surface area contributed by atoms with Gasteiger partial charge >= 0.3 is 0 Å². The first-order valence-corrected chi connectivity index (χ1v) is 11.4. The van der Waals surface area contributed by atoms with Crippen molar-refractivity contribution in [1.29, 1.82) is 0 Å². The highest BCUT2D eigenvalue weighted by molar-refractivity contribution is 7.99. The highest BCUT2D eigenvalue weighted by atomic mass is 32.2. The molecule has 1 heterocycles. The van der Waals surface area contributed by atoms with Crippen molar-refractivity contribution in [2.45, 2.75) is 13.3 Å². The molecule has 0 saturated carbocycles. The molecule has 0 bridgehead atoms. The average molecular weight is 457 g/mol. The van der Waals surface area contributed by atoms with Crippen LogP contribution in [0.15, 0.2) is 65.6 Å². The van der Waals surface area contributed by atoms with E-state index in [0.29, 0.717) is 35.0 Å². The summed E-state index contributed by atoms with van der Waals surface area (Å²) in [6.45, 7) is 1.87. The van der Waals surface area contributed by atoms with Crippen molar-refractivity contribution < 1.29 is 19.4 Å². The zero-order valence-corrected chi connectivity index (χ0v) is 18.8. The summed E-state index contributed by atoms with van der Waals surface area (Å²) in [4.78, 5) is 26.7. The summed E-state index contributed by atoms with van der Waals surface area (Å²) in [5.41, 5.74) is 2.19. The number of amides is 2. The Morgan fingerprint density at radius 1 is 1.19 bits per heavy atom. The van der Waals surface area contributed by atoms with Gasteiger partial charge in [0, 0.05) is 24.0 Å². The minimum atomic E-state index is -0.319. The monoisotopic (exact) mass is 456 g/mol. The van der Waals surface area contributed by atoms with E-state index in [-0.39, 0.29) is 24.1 Å². The Labute approximate surface area is 191 Å². The molecular formula is C23H24N2O4S2. The number of thioether (sulfide) groups is 1. The highest BCUT2D eigenvalue weighted by Gasteiger charge is 2.29. The number of aromatic hydroxyl groups is 1. The van der Waals surface area contributed by atoms with Gasteiger partial charge in [0.05, 0.1) is 17.9 Å². The van der Waals surface area contributed by atoms with Crippen molar-refractivity contribution in [3.8, 4) is 17.2 Å². The first-order chi connectivity index (χ1) is 15.0. The van der Waals surface area contributed by atoms with Gasteiger partial charge in [0.2, 0.25) is 5.91 Å². The number of allylic oxidation sites excluding steroid dienone is 2. The van der Waals surface area contributed by atoms with Gasteiger partial charge in [0.1, 0.15) is 5.75 Å². The van der Waals surface area contributed by atoms with Crippen LogP contribution in [-0.4, -0.2) is 35.0 Å². The molecular weight excluding hydrogens is 432 g/mol. The first-order valence-electron chi connectivity index (χ1n) is 9.73. The predicted molar refractivity (Wildman–Crippen MR) is 129 cm³/mol. The number of anilines is 2. The lowest BCUT2D eigenvalue weighted by atomic mass is 10.1. The van der Waals surface area contributed by atoms with Crippen LogP contribution in [0.4, 0.5) is 11.4 Å². The number of phenols is 1. The van der Waals surface area contributed by atoms with Crippen molar-refractivity contribution in [2.24, 2.45) is 0 Å². The second kappa shape index (κ2) is 11.0. The molecule has 3 rings (SSSR count). The predicted octanol–water partition coefficient (Wildman–Crippen LogP) is 4.79. The van der Waals surface area contributed by atoms with Gasteiger partial charge in [-0.15, -0.1) is 0 Å². The number of carbonyl (C=O) groups excluding carboxylic acids is 2. The molecule has 0 unspecified atom stereocenters. The van der Waals surface area contributed by atoms with Crippen LogP contribution in [0.1, 0.15) is 13.3 Å². The van der Waals surface area contributed by atoms with Crippen molar-refractivity contribution >= 4 is 47.6 Å². The zero-order valence-electron chi connectivity index (χ0n) is 17.1. The summed E-state index contributed by atoms with van der Waals surface area (Å²) >= 11 is 5.67. The van der Waals surface area contributed by atoms with E-state index in [0.717, 1.165) is 5.75 Å². The number of thiol groups is 1. The van der Waals surface area contributed by atoms with Crippen LogP contribution < -0.4 is 15.0 Å². The third kappa shape index (κ3) is 6.08. The van der Waals surface area contributed by atoms with Gasteiger partial charge in [-0.3, -0.25) is 14.5 Å². The molecule has 162 valence electrons. The third-order valence-corrected chi connectivity index (χ3v) is 5.79. The molecule has 2 aromatic carbocycles. The van der Waals surface area contributed by atoms with E-state index in [1.807, 2.05) is 25.1 Å². The van der Waals surface area contributed by atoms with Crippen LogP contribution in [0.25, 0.3) is 0 Å². The number of nitrogens with one attached hydrogen (secondary N) is 1. The quantitative estimate of drug-likeness (QED) is 0.302. The number of ether oxygens (including phenoxy) is 1. The smallest absolute Gasteiger partial charge is 0.251 e. The van der Waals surface area contributed by atoms with E-state index in [2.05, 4.69) is 17.9 Å². The van der Waals surface area contributed by atoms with Crippen molar-refractivity contribution in [1.82, 2.24) is 5.32 Å². The summed E-state index contributed by atoms with van der Waals surface area (Å²) in [6.07, 6.45) is 4.16. The second-order valence-electron chi connectivity index (χ2n) is 6.88. The fraction of sp³-hybridized carbons (Fsp3) is 0.217. The number of hydrogen-bond donors (Lipinski definition) is 3. The van der Waals surface area contributed by atoms with Gasteiger partial charge in [-0.25, -0.2) is 0 Å². The largest absolute Gasteiger partial charge is 0.508 e. The van der Waals surface area contributed by atoms with E-state index in [1.165, 1.54) is 22.6 Å². The molecule has 0 aromatic heterocycles. The van der Waals surface area contributed by atoms with Crippen molar-refractivity contribution in [3.63, 3.8) is 0 Å². The lowest BCUT2D eigenvalue weighted by molar-refractivity contribution is -0.124. The minimum absolute atomic E-state index is 0.0230. The molecule has 31 heavy (non-hydrogen) atoms. The van der Waals surface area contributed by atoms with E-state index in [1.54, 1.807) is 41.4 Å². The normalized spacial score (nSPS) is 12.8. The summed E-state index contributed by atoms with van der Waals surface area (Å²) in [5.74, 6) is 2.00. The van der Waals surface area contributed by atoms with Gasteiger partial charge in [-0.2, -0.15) is 24.4 Å². The fourth-order valence-electron chi connectivity index (χ4n) is 3.01. The molecule has 8 heteroatoms. The van der Waals surface area contributed by atoms with Gasteiger partial charge < -0.3 is 15.2 Å². The topological polar surface area (TPSA) is 78.9 Å². The molecule has 2 N–H and O–H groups in total. The molecule has 0 radical (unpaired) electrons. The van der Waals surface area contributed by atoms with E-state index >= 15 is 0 Å². The molecule has 0 atom stereocenters. The van der Waals surface area contributed by atoms with Crippen LogP contribution in [-0.2, 0) is 9.59 Å². The SMILES string of the molecule is C/C(=C\C=C/S)CSCCC(=O)NCC(=O)N1c2ccccc2Oc2ccc(O)cc21. The Balaban J connectivity index is 1.58. The van der Waals surface area contributed by atoms with E-state index in [9.17, 15) is 14.7 Å². The average Bonchev–Trinajstić information content (AvgIpc) is 2.77. The standard InChI is InChI=1S/C23H24N2O4S2/c1-16(5-4-11-30)15-31-12-10-22(27)24-14-23(28)25-18-6-2-3-7-20(18)29-21-9-8-17(26)13-19(21)25/h2-9,11,13,26,30H,10,12,14-15H2,1H3,(H,24,27)/b11-4-,16-5+. The maximum Gasteiger partial charge on any atom is 0.251 e. The van der Waals surface area contributed by atoms with Crippen molar-refractivity contribution in [3.05, 3.63) is 65.6 Å². The van der Waals surface area contributed by atoms with Crippen LogP contribution in [0.2, 0.25) is 0 Å². The molecule has 0 aliphatic carbocycles. The maximum absolute atomic E-state index is 13.0. The second-order valence-corrected chi connectivity index (χ2v) is 8.29. The van der Waals surface area contributed by atoms with Gasteiger partial charge in [-0.1, -0.05) is 29.9 Å². The van der Waals surface area contributed by atoms with E-state index < -0.39 is 0 Å². The van der Waals surface area contributed by atoms with Crippen LogP contribution in [0, 0.1) is 0 Å². The lowest BCUT2D eigenvalue weighted by Gasteiger charge is -2.31. The minimum Gasteiger partial charge on any atom is -0.508 e.